The predicted octanol–water partition coefficient (Wildman–Crippen LogP) is 2.77. The number of carbonyl (C=O) groups excluding carboxylic acids is 1. The van der Waals surface area contributed by atoms with Gasteiger partial charge in [-0.15, -0.1) is 0 Å². The predicted molar refractivity (Wildman–Crippen MR) is 74.8 cm³/mol. The Kier molecular flexibility index (Phi) is 5.45. The zero-order valence-corrected chi connectivity index (χ0v) is 11.7. The van der Waals surface area contributed by atoms with Gasteiger partial charge in [-0.2, -0.15) is 0 Å². The maximum atomic E-state index is 11.9. The minimum atomic E-state index is 0.0647. The van der Waals surface area contributed by atoms with E-state index in [4.69, 9.17) is 4.42 Å². The molecule has 0 bridgehead atoms. The minimum absolute atomic E-state index is 0.0647. The van der Waals surface area contributed by atoms with Crippen molar-refractivity contribution in [3.05, 3.63) is 24.2 Å². The lowest BCUT2D eigenvalue weighted by atomic mass is 10.1. The quantitative estimate of drug-likeness (QED) is 0.804. The number of furan rings is 1. The third-order valence-electron chi connectivity index (χ3n) is 3.76. The zero-order chi connectivity index (χ0) is 13.5. The van der Waals surface area contributed by atoms with Gasteiger partial charge in [-0.3, -0.25) is 10.1 Å². The second-order valence-corrected chi connectivity index (χ2v) is 5.37. The van der Waals surface area contributed by atoms with Crippen LogP contribution in [0.15, 0.2) is 22.8 Å². The summed E-state index contributed by atoms with van der Waals surface area (Å²) in [4.78, 5) is 11.9. The molecule has 1 aromatic rings. The molecule has 1 aromatic heterocycles. The van der Waals surface area contributed by atoms with Gasteiger partial charge in [-0.05, 0) is 31.9 Å². The maximum absolute atomic E-state index is 11.9. The molecule has 0 unspecified atom stereocenters. The van der Waals surface area contributed by atoms with E-state index in [-0.39, 0.29) is 11.9 Å². The van der Waals surface area contributed by atoms with Crippen molar-refractivity contribution in [1.29, 1.82) is 0 Å². The molecular formula is C15H24N2O2. The SMILES string of the molecule is C[C@@H](NCC(=O)NC1CCCCCC1)c1ccco1. The summed E-state index contributed by atoms with van der Waals surface area (Å²) in [6, 6.07) is 4.21. The summed E-state index contributed by atoms with van der Waals surface area (Å²) in [6.45, 7) is 2.34. The molecule has 0 spiro atoms. The Bertz CT molecular complexity index is 368. The molecule has 1 atom stereocenters. The molecule has 1 amide bonds. The highest BCUT2D eigenvalue weighted by Gasteiger charge is 2.15. The van der Waals surface area contributed by atoms with Gasteiger partial charge in [0.25, 0.3) is 0 Å². The fraction of sp³-hybridized carbons (Fsp3) is 0.667. The van der Waals surface area contributed by atoms with Gasteiger partial charge < -0.3 is 9.73 Å². The van der Waals surface area contributed by atoms with Crippen LogP contribution in [-0.4, -0.2) is 18.5 Å². The van der Waals surface area contributed by atoms with Crippen LogP contribution >= 0.6 is 0 Å². The van der Waals surface area contributed by atoms with Crippen molar-refractivity contribution in [2.45, 2.75) is 57.5 Å². The average molecular weight is 264 g/mol. The molecule has 4 nitrogen and oxygen atoms in total. The van der Waals surface area contributed by atoms with E-state index in [0.29, 0.717) is 12.6 Å². The highest BCUT2D eigenvalue weighted by atomic mass is 16.3. The summed E-state index contributed by atoms with van der Waals surface area (Å²) in [5, 5.41) is 6.31. The Balaban J connectivity index is 1.69. The fourth-order valence-electron chi connectivity index (χ4n) is 2.59. The van der Waals surface area contributed by atoms with Crippen LogP contribution < -0.4 is 10.6 Å². The van der Waals surface area contributed by atoms with Crippen molar-refractivity contribution in [2.75, 3.05) is 6.54 Å². The standard InChI is InChI=1S/C15H24N2O2/c1-12(14-9-6-10-19-14)16-11-15(18)17-13-7-4-2-3-5-8-13/h6,9-10,12-13,16H,2-5,7-8,11H2,1H3,(H,17,18)/t12-/m1/s1. The molecule has 106 valence electrons. The Morgan fingerprint density at radius 2 is 2.11 bits per heavy atom. The van der Waals surface area contributed by atoms with Gasteiger partial charge in [0, 0.05) is 6.04 Å². The van der Waals surface area contributed by atoms with Gasteiger partial charge in [0.05, 0.1) is 18.8 Å². The van der Waals surface area contributed by atoms with Crippen LogP contribution in [0.25, 0.3) is 0 Å². The molecule has 1 fully saturated rings. The van der Waals surface area contributed by atoms with Gasteiger partial charge >= 0.3 is 0 Å². The van der Waals surface area contributed by atoms with Crippen molar-refractivity contribution in [3.8, 4) is 0 Å². The summed E-state index contributed by atoms with van der Waals surface area (Å²) in [5.74, 6) is 0.951. The normalized spacial score (nSPS) is 18.8. The number of rotatable bonds is 5. The molecule has 2 rings (SSSR count). The van der Waals surface area contributed by atoms with E-state index in [1.807, 2.05) is 19.1 Å². The van der Waals surface area contributed by atoms with Gasteiger partial charge in [0.15, 0.2) is 0 Å². The van der Waals surface area contributed by atoms with E-state index < -0.39 is 0 Å². The molecule has 4 heteroatoms. The molecule has 1 aliphatic rings. The van der Waals surface area contributed by atoms with Crippen molar-refractivity contribution in [1.82, 2.24) is 10.6 Å². The highest BCUT2D eigenvalue weighted by Crippen LogP contribution is 2.17. The second kappa shape index (κ2) is 7.34. The van der Waals surface area contributed by atoms with Gasteiger partial charge in [-0.25, -0.2) is 0 Å². The maximum Gasteiger partial charge on any atom is 0.234 e. The Hall–Kier alpha value is -1.29. The molecule has 1 aliphatic carbocycles. The summed E-state index contributed by atoms with van der Waals surface area (Å²) in [7, 11) is 0. The van der Waals surface area contributed by atoms with Crippen LogP contribution in [-0.2, 0) is 4.79 Å². The number of carbonyl (C=O) groups is 1. The molecule has 19 heavy (non-hydrogen) atoms. The first-order chi connectivity index (χ1) is 9.25. The third kappa shape index (κ3) is 4.71. The summed E-state index contributed by atoms with van der Waals surface area (Å²) >= 11 is 0. The first kappa shape index (κ1) is 14.1. The first-order valence-electron chi connectivity index (χ1n) is 7.32. The van der Waals surface area contributed by atoms with E-state index in [0.717, 1.165) is 18.6 Å². The highest BCUT2D eigenvalue weighted by molar-refractivity contribution is 5.78. The molecule has 1 heterocycles. The van der Waals surface area contributed by atoms with Crippen molar-refractivity contribution >= 4 is 5.91 Å². The van der Waals surface area contributed by atoms with Crippen LogP contribution in [0.1, 0.15) is 57.3 Å². The van der Waals surface area contributed by atoms with Crippen LogP contribution in [0.5, 0.6) is 0 Å². The van der Waals surface area contributed by atoms with E-state index in [1.54, 1.807) is 6.26 Å². The lowest BCUT2D eigenvalue weighted by Crippen LogP contribution is -2.40. The first-order valence-corrected chi connectivity index (χ1v) is 7.32. The van der Waals surface area contributed by atoms with Crippen LogP contribution in [0.4, 0.5) is 0 Å². The second-order valence-electron chi connectivity index (χ2n) is 5.37. The van der Waals surface area contributed by atoms with E-state index in [1.165, 1.54) is 25.7 Å². The smallest absolute Gasteiger partial charge is 0.234 e. The molecule has 0 aliphatic heterocycles. The Morgan fingerprint density at radius 1 is 1.37 bits per heavy atom. The topological polar surface area (TPSA) is 54.3 Å². The molecule has 0 aromatic carbocycles. The number of hydrogen-bond donors (Lipinski definition) is 2. The lowest BCUT2D eigenvalue weighted by molar-refractivity contribution is -0.121. The van der Waals surface area contributed by atoms with Gasteiger partial charge in [0.1, 0.15) is 5.76 Å². The van der Waals surface area contributed by atoms with Crippen molar-refractivity contribution in [2.24, 2.45) is 0 Å². The third-order valence-corrected chi connectivity index (χ3v) is 3.76. The lowest BCUT2D eigenvalue weighted by Gasteiger charge is -2.17. The molecular weight excluding hydrogens is 240 g/mol. The number of nitrogens with one attached hydrogen (secondary N) is 2. The Labute approximate surface area is 114 Å². The fourth-order valence-corrected chi connectivity index (χ4v) is 2.59. The number of amides is 1. The van der Waals surface area contributed by atoms with Crippen LogP contribution in [0.3, 0.4) is 0 Å². The molecule has 0 saturated heterocycles. The molecule has 2 N–H and O–H groups in total. The molecule has 1 saturated carbocycles. The van der Waals surface area contributed by atoms with Crippen LogP contribution in [0.2, 0.25) is 0 Å². The molecule has 0 radical (unpaired) electrons. The van der Waals surface area contributed by atoms with E-state index in [2.05, 4.69) is 10.6 Å². The van der Waals surface area contributed by atoms with Gasteiger partial charge in [-0.1, -0.05) is 25.7 Å². The van der Waals surface area contributed by atoms with E-state index >= 15 is 0 Å². The van der Waals surface area contributed by atoms with E-state index in [9.17, 15) is 4.79 Å². The largest absolute Gasteiger partial charge is 0.468 e. The van der Waals surface area contributed by atoms with Crippen molar-refractivity contribution in [3.63, 3.8) is 0 Å². The van der Waals surface area contributed by atoms with Crippen LogP contribution in [0, 0.1) is 0 Å². The number of hydrogen-bond acceptors (Lipinski definition) is 3. The summed E-state index contributed by atoms with van der Waals surface area (Å²) in [5.41, 5.74) is 0. The van der Waals surface area contributed by atoms with Gasteiger partial charge in [0.2, 0.25) is 5.91 Å². The average Bonchev–Trinajstić information content (AvgIpc) is 2.82. The zero-order valence-electron chi connectivity index (χ0n) is 11.7. The Morgan fingerprint density at radius 3 is 2.74 bits per heavy atom. The summed E-state index contributed by atoms with van der Waals surface area (Å²) < 4.78 is 5.30. The van der Waals surface area contributed by atoms with Crippen molar-refractivity contribution < 1.29 is 9.21 Å². The minimum Gasteiger partial charge on any atom is -0.468 e. The monoisotopic (exact) mass is 264 g/mol. The summed E-state index contributed by atoms with van der Waals surface area (Å²) in [6.07, 6.45) is 8.99.